The van der Waals surface area contributed by atoms with Crippen LogP contribution >= 0.6 is 15.9 Å². The molecule has 0 saturated carbocycles. The molecule has 0 amide bonds. The first-order valence-corrected chi connectivity index (χ1v) is 7.43. The first kappa shape index (κ1) is 13.5. The molecule has 1 unspecified atom stereocenters. The SMILES string of the molecule is Brc1cncc(CN2CCC(Nc3ccncn3)C2)c1. The van der Waals surface area contributed by atoms with Crippen molar-refractivity contribution in [2.75, 3.05) is 18.4 Å². The highest BCUT2D eigenvalue weighted by atomic mass is 79.9. The van der Waals surface area contributed by atoms with Gasteiger partial charge in [0, 0.05) is 48.7 Å². The molecular weight excluding hydrogens is 318 g/mol. The predicted octanol–water partition coefficient (Wildman–Crippen LogP) is 2.32. The summed E-state index contributed by atoms with van der Waals surface area (Å²) in [5, 5.41) is 3.45. The van der Waals surface area contributed by atoms with Crippen LogP contribution in [0.2, 0.25) is 0 Å². The summed E-state index contributed by atoms with van der Waals surface area (Å²) in [5.74, 6) is 0.899. The van der Waals surface area contributed by atoms with Crippen molar-refractivity contribution in [3.8, 4) is 0 Å². The highest BCUT2D eigenvalue weighted by Gasteiger charge is 2.22. The van der Waals surface area contributed by atoms with E-state index >= 15 is 0 Å². The minimum absolute atomic E-state index is 0.449. The molecule has 1 fully saturated rings. The summed E-state index contributed by atoms with van der Waals surface area (Å²) in [6.45, 7) is 3.06. The first-order valence-electron chi connectivity index (χ1n) is 6.64. The Kier molecular flexibility index (Phi) is 4.22. The number of likely N-dealkylation sites (tertiary alicyclic amines) is 1. The number of hydrogen-bond donors (Lipinski definition) is 1. The van der Waals surface area contributed by atoms with Gasteiger partial charge in [-0.15, -0.1) is 0 Å². The Morgan fingerprint density at radius 3 is 3.10 bits per heavy atom. The summed E-state index contributed by atoms with van der Waals surface area (Å²) < 4.78 is 1.03. The molecule has 1 aliphatic rings. The zero-order chi connectivity index (χ0) is 13.8. The van der Waals surface area contributed by atoms with Crippen molar-refractivity contribution in [1.82, 2.24) is 19.9 Å². The van der Waals surface area contributed by atoms with Crippen molar-refractivity contribution in [2.45, 2.75) is 19.0 Å². The third-order valence-corrected chi connectivity index (χ3v) is 3.81. The minimum Gasteiger partial charge on any atom is -0.366 e. The van der Waals surface area contributed by atoms with Crippen molar-refractivity contribution in [1.29, 1.82) is 0 Å². The molecule has 2 aromatic heterocycles. The van der Waals surface area contributed by atoms with Crippen LogP contribution in [0.5, 0.6) is 0 Å². The van der Waals surface area contributed by atoms with Gasteiger partial charge in [-0.3, -0.25) is 9.88 Å². The lowest BCUT2D eigenvalue weighted by molar-refractivity contribution is 0.328. The van der Waals surface area contributed by atoms with Gasteiger partial charge in [0.25, 0.3) is 0 Å². The molecule has 0 aliphatic carbocycles. The van der Waals surface area contributed by atoms with Gasteiger partial charge in [-0.1, -0.05) is 0 Å². The maximum absolute atomic E-state index is 4.21. The monoisotopic (exact) mass is 333 g/mol. The summed E-state index contributed by atoms with van der Waals surface area (Å²) >= 11 is 3.46. The fourth-order valence-corrected chi connectivity index (χ4v) is 2.89. The van der Waals surface area contributed by atoms with Crippen LogP contribution < -0.4 is 5.32 Å². The molecule has 1 aliphatic heterocycles. The normalized spacial score (nSPS) is 19.1. The Bertz CT molecular complexity index is 563. The molecule has 0 spiro atoms. The van der Waals surface area contributed by atoms with Gasteiger partial charge in [0.1, 0.15) is 12.1 Å². The molecule has 0 aromatic carbocycles. The van der Waals surface area contributed by atoms with E-state index in [9.17, 15) is 0 Å². The number of hydrogen-bond acceptors (Lipinski definition) is 5. The quantitative estimate of drug-likeness (QED) is 0.930. The van der Waals surface area contributed by atoms with Crippen LogP contribution in [0.3, 0.4) is 0 Å². The highest BCUT2D eigenvalue weighted by Crippen LogP contribution is 2.17. The second-order valence-electron chi connectivity index (χ2n) is 4.97. The minimum atomic E-state index is 0.449. The van der Waals surface area contributed by atoms with Crippen molar-refractivity contribution >= 4 is 21.7 Å². The van der Waals surface area contributed by atoms with E-state index in [1.54, 1.807) is 12.5 Å². The van der Waals surface area contributed by atoms with E-state index in [1.807, 2.05) is 18.5 Å². The van der Waals surface area contributed by atoms with Crippen LogP contribution in [0.15, 0.2) is 41.5 Å². The zero-order valence-corrected chi connectivity index (χ0v) is 12.6. The lowest BCUT2D eigenvalue weighted by Gasteiger charge is -2.17. The molecule has 6 heteroatoms. The second kappa shape index (κ2) is 6.28. The van der Waals surface area contributed by atoms with Gasteiger partial charge in [-0.25, -0.2) is 9.97 Å². The van der Waals surface area contributed by atoms with Crippen LogP contribution in [-0.2, 0) is 6.54 Å². The van der Waals surface area contributed by atoms with Crippen LogP contribution in [0.1, 0.15) is 12.0 Å². The van der Waals surface area contributed by atoms with E-state index < -0.39 is 0 Å². The summed E-state index contributed by atoms with van der Waals surface area (Å²) in [6.07, 6.45) is 8.20. The molecule has 2 aromatic rings. The third kappa shape index (κ3) is 3.52. The van der Waals surface area contributed by atoms with E-state index in [4.69, 9.17) is 0 Å². The number of pyridine rings is 1. The van der Waals surface area contributed by atoms with Gasteiger partial charge in [-0.05, 0) is 40.0 Å². The van der Waals surface area contributed by atoms with E-state index in [2.05, 4.69) is 47.2 Å². The Balaban J connectivity index is 1.54. The van der Waals surface area contributed by atoms with Gasteiger partial charge in [-0.2, -0.15) is 0 Å². The average molecular weight is 334 g/mol. The van der Waals surface area contributed by atoms with E-state index in [1.165, 1.54) is 5.56 Å². The number of halogens is 1. The molecule has 1 N–H and O–H groups in total. The fourth-order valence-electron chi connectivity index (χ4n) is 2.48. The topological polar surface area (TPSA) is 53.9 Å². The Hall–Kier alpha value is -1.53. The summed E-state index contributed by atoms with van der Waals surface area (Å²) in [4.78, 5) is 14.8. The largest absolute Gasteiger partial charge is 0.366 e. The van der Waals surface area contributed by atoms with Crippen LogP contribution in [0, 0.1) is 0 Å². The maximum atomic E-state index is 4.21. The molecule has 0 bridgehead atoms. The lowest BCUT2D eigenvalue weighted by atomic mass is 10.2. The van der Waals surface area contributed by atoms with Gasteiger partial charge < -0.3 is 5.32 Å². The molecule has 3 rings (SSSR count). The van der Waals surface area contributed by atoms with E-state index in [0.717, 1.165) is 36.3 Å². The number of rotatable bonds is 4. The molecule has 104 valence electrons. The summed E-state index contributed by atoms with van der Waals surface area (Å²) in [7, 11) is 0. The Morgan fingerprint density at radius 1 is 1.35 bits per heavy atom. The molecule has 1 atom stereocenters. The number of nitrogens with zero attached hydrogens (tertiary/aromatic N) is 4. The molecular formula is C14H16BrN5. The van der Waals surface area contributed by atoms with Crippen LogP contribution in [0.4, 0.5) is 5.82 Å². The third-order valence-electron chi connectivity index (χ3n) is 3.37. The fraction of sp³-hybridized carbons (Fsp3) is 0.357. The lowest BCUT2D eigenvalue weighted by Crippen LogP contribution is -2.26. The zero-order valence-electron chi connectivity index (χ0n) is 11.0. The van der Waals surface area contributed by atoms with E-state index in [-0.39, 0.29) is 0 Å². The van der Waals surface area contributed by atoms with Gasteiger partial charge in [0.15, 0.2) is 0 Å². The molecule has 20 heavy (non-hydrogen) atoms. The number of anilines is 1. The molecule has 3 heterocycles. The van der Waals surface area contributed by atoms with E-state index in [0.29, 0.717) is 6.04 Å². The first-order chi connectivity index (χ1) is 9.79. The second-order valence-corrected chi connectivity index (χ2v) is 5.89. The maximum Gasteiger partial charge on any atom is 0.129 e. The highest BCUT2D eigenvalue weighted by molar-refractivity contribution is 9.10. The van der Waals surface area contributed by atoms with Crippen molar-refractivity contribution in [3.63, 3.8) is 0 Å². The number of nitrogens with one attached hydrogen (secondary N) is 1. The summed E-state index contributed by atoms with van der Waals surface area (Å²) in [5.41, 5.74) is 1.24. The predicted molar refractivity (Wildman–Crippen MR) is 81.3 cm³/mol. The van der Waals surface area contributed by atoms with Gasteiger partial charge in [0.05, 0.1) is 0 Å². The number of aromatic nitrogens is 3. The van der Waals surface area contributed by atoms with Crippen LogP contribution in [-0.4, -0.2) is 39.0 Å². The smallest absolute Gasteiger partial charge is 0.129 e. The Morgan fingerprint density at radius 2 is 2.30 bits per heavy atom. The Labute approximate surface area is 126 Å². The standard InChI is InChI=1S/C14H16BrN5/c15-12-5-11(6-17-7-12)8-20-4-2-13(9-20)19-14-1-3-16-10-18-14/h1,3,5-7,10,13H,2,4,8-9H2,(H,16,18,19). The molecule has 5 nitrogen and oxygen atoms in total. The molecule has 0 radical (unpaired) electrons. The van der Waals surface area contributed by atoms with Crippen LogP contribution in [0.25, 0.3) is 0 Å². The summed E-state index contributed by atoms with van der Waals surface area (Å²) in [6, 6.07) is 4.48. The van der Waals surface area contributed by atoms with Crippen molar-refractivity contribution < 1.29 is 0 Å². The average Bonchev–Trinajstić information content (AvgIpc) is 2.87. The van der Waals surface area contributed by atoms with Gasteiger partial charge in [0.2, 0.25) is 0 Å². The van der Waals surface area contributed by atoms with Crippen molar-refractivity contribution in [2.24, 2.45) is 0 Å². The van der Waals surface area contributed by atoms with Gasteiger partial charge >= 0.3 is 0 Å². The van der Waals surface area contributed by atoms with Crippen molar-refractivity contribution in [3.05, 3.63) is 47.1 Å². The molecule has 1 saturated heterocycles.